The van der Waals surface area contributed by atoms with Crippen LogP contribution < -0.4 is 0 Å². The zero-order chi connectivity index (χ0) is 11.3. The van der Waals surface area contributed by atoms with Gasteiger partial charge in [0.05, 0.1) is 7.11 Å². The maximum Gasteiger partial charge on any atom is 0.349 e. The summed E-state index contributed by atoms with van der Waals surface area (Å²) in [7, 11) is 1.23. The zero-order valence-electron chi connectivity index (χ0n) is 8.12. The minimum Gasteiger partial charge on any atom is -0.465 e. The molecule has 0 heterocycles. The SMILES string of the molecule is COC(=O)C(=C=O)c1ccccc1CBr. The Kier molecular flexibility index (Phi) is 4.28. The minimum absolute atomic E-state index is 0.0763. The van der Waals surface area contributed by atoms with E-state index in [0.29, 0.717) is 10.9 Å². The number of hydrogen-bond donors (Lipinski definition) is 0. The molecule has 0 aromatic heterocycles. The van der Waals surface area contributed by atoms with Crippen molar-refractivity contribution in [2.24, 2.45) is 0 Å². The summed E-state index contributed by atoms with van der Waals surface area (Å²) in [6.07, 6.45) is 0. The van der Waals surface area contributed by atoms with Crippen LogP contribution in [-0.2, 0) is 19.7 Å². The van der Waals surface area contributed by atoms with E-state index in [-0.39, 0.29) is 5.57 Å². The Morgan fingerprint density at radius 3 is 2.67 bits per heavy atom. The molecule has 1 rings (SSSR count). The molecule has 78 valence electrons. The van der Waals surface area contributed by atoms with E-state index in [9.17, 15) is 9.59 Å². The number of benzene rings is 1. The number of carbonyl (C=O) groups excluding carboxylic acids is 2. The van der Waals surface area contributed by atoms with E-state index in [1.54, 1.807) is 18.1 Å². The van der Waals surface area contributed by atoms with Crippen molar-refractivity contribution in [3.8, 4) is 0 Å². The molecule has 0 saturated heterocycles. The molecule has 0 amide bonds. The number of rotatable bonds is 3. The van der Waals surface area contributed by atoms with Gasteiger partial charge >= 0.3 is 5.97 Å². The highest BCUT2D eigenvalue weighted by atomic mass is 79.9. The van der Waals surface area contributed by atoms with E-state index in [2.05, 4.69) is 20.7 Å². The van der Waals surface area contributed by atoms with Gasteiger partial charge in [-0.05, 0) is 5.56 Å². The van der Waals surface area contributed by atoms with E-state index in [4.69, 9.17) is 0 Å². The lowest BCUT2D eigenvalue weighted by Gasteiger charge is -2.05. The van der Waals surface area contributed by atoms with Crippen molar-refractivity contribution < 1.29 is 14.3 Å². The first kappa shape index (κ1) is 11.7. The fourth-order valence-corrected chi connectivity index (χ4v) is 1.68. The van der Waals surface area contributed by atoms with E-state index >= 15 is 0 Å². The summed E-state index contributed by atoms with van der Waals surface area (Å²) < 4.78 is 4.50. The molecule has 15 heavy (non-hydrogen) atoms. The molecule has 0 aliphatic heterocycles. The second-order valence-corrected chi connectivity index (χ2v) is 3.32. The van der Waals surface area contributed by atoms with Gasteiger partial charge in [-0.25, -0.2) is 9.59 Å². The number of halogens is 1. The molecule has 0 unspecified atom stereocenters. The van der Waals surface area contributed by atoms with Crippen LogP contribution in [0, 0.1) is 0 Å². The summed E-state index contributed by atoms with van der Waals surface area (Å²) in [5.41, 5.74) is 1.32. The molecule has 0 aliphatic carbocycles. The number of methoxy groups -OCH3 is 1. The van der Waals surface area contributed by atoms with Crippen molar-refractivity contribution in [3.05, 3.63) is 35.4 Å². The monoisotopic (exact) mass is 268 g/mol. The van der Waals surface area contributed by atoms with Crippen LogP contribution in [0.5, 0.6) is 0 Å². The largest absolute Gasteiger partial charge is 0.465 e. The van der Waals surface area contributed by atoms with Crippen LogP contribution in [0.2, 0.25) is 0 Å². The first-order valence-corrected chi connectivity index (χ1v) is 5.34. The van der Waals surface area contributed by atoms with Crippen molar-refractivity contribution in [1.82, 2.24) is 0 Å². The zero-order valence-corrected chi connectivity index (χ0v) is 9.71. The summed E-state index contributed by atoms with van der Waals surface area (Å²) in [6.45, 7) is 0. The number of esters is 1. The highest BCUT2D eigenvalue weighted by Crippen LogP contribution is 2.20. The Balaban J connectivity index is 3.25. The van der Waals surface area contributed by atoms with Crippen molar-refractivity contribution >= 4 is 33.4 Å². The quantitative estimate of drug-likeness (QED) is 0.364. The second kappa shape index (κ2) is 5.49. The van der Waals surface area contributed by atoms with Gasteiger partial charge in [0.25, 0.3) is 0 Å². The normalized spacial score (nSPS) is 9.20. The predicted molar refractivity (Wildman–Crippen MR) is 60.2 cm³/mol. The predicted octanol–water partition coefficient (Wildman–Crippen LogP) is 1.97. The minimum atomic E-state index is -0.668. The molecule has 0 radical (unpaired) electrons. The van der Waals surface area contributed by atoms with Crippen molar-refractivity contribution in [2.45, 2.75) is 5.33 Å². The molecule has 0 spiro atoms. The maximum absolute atomic E-state index is 11.3. The van der Waals surface area contributed by atoms with Crippen molar-refractivity contribution in [2.75, 3.05) is 7.11 Å². The van der Waals surface area contributed by atoms with Crippen LogP contribution in [0.15, 0.2) is 24.3 Å². The molecule has 1 aromatic rings. The van der Waals surface area contributed by atoms with Crippen molar-refractivity contribution in [1.29, 1.82) is 0 Å². The fourth-order valence-electron chi connectivity index (χ4n) is 1.19. The van der Waals surface area contributed by atoms with Gasteiger partial charge in [-0.2, -0.15) is 0 Å². The molecule has 0 fully saturated rings. The molecule has 4 heteroatoms. The van der Waals surface area contributed by atoms with Gasteiger partial charge in [0, 0.05) is 10.9 Å². The smallest absolute Gasteiger partial charge is 0.349 e. The number of ether oxygens (including phenoxy) is 1. The molecule has 1 aromatic carbocycles. The molecular formula is C11H9BrO3. The Labute approximate surface area is 95.9 Å². The van der Waals surface area contributed by atoms with Gasteiger partial charge in [0.1, 0.15) is 5.94 Å². The molecular weight excluding hydrogens is 260 g/mol. The van der Waals surface area contributed by atoms with E-state index in [1.165, 1.54) is 7.11 Å². The van der Waals surface area contributed by atoms with Gasteiger partial charge in [0.15, 0.2) is 5.57 Å². The van der Waals surface area contributed by atoms with Crippen LogP contribution in [0.3, 0.4) is 0 Å². The summed E-state index contributed by atoms with van der Waals surface area (Å²) in [5.74, 6) is 0.947. The number of hydrogen-bond acceptors (Lipinski definition) is 3. The summed E-state index contributed by atoms with van der Waals surface area (Å²) in [6, 6.07) is 7.10. The molecule has 3 nitrogen and oxygen atoms in total. The highest BCUT2D eigenvalue weighted by molar-refractivity contribution is 9.08. The third-order valence-corrected chi connectivity index (χ3v) is 2.53. The standard InChI is InChI=1S/C11H9BrO3/c1-15-11(14)10(7-13)9-5-3-2-4-8(9)6-12/h2-5H,6H2,1H3. The molecule has 0 saturated carbocycles. The summed E-state index contributed by atoms with van der Waals surface area (Å²) in [4.78, 5) is 22.0. The van der Waals surface area contributed by atoms with Gasteiger partial charge in [-0.1, -0.05) is 40.2 Å². The number of alkyl halides is 1. The third-order valence-electron chi connectivity index (χ3n) is 1.92. The third kappa shape index (κ3) is 2.55. The lowest BCUT2D eigenvalue weighted by molar-refractivity contribution is -0.133. The lowest BCUT2D eigenvalue weighted by atomic mass is 10.0. The topological polar surface area (TPSA) is 43.4 Å². The molecule has 0 aliphatic rings. The van der Waals surface area contributed by atoms with Crippen LogP contribution in [0.1, 0.15) is 11.1 Å². The van der Waals surface area contributed by atoms with Crippen LogP contribution in [0.25, 0.3) is 5.57 Å². The second-order valence-electron chi connectivity index (χ2n) is 2.76. The lowest BCUT2D eigenvalue weighted by Crippen LogP contribution is -2.06. The Bertz CT molecular complexity index is 420. The summed E-state index contributed by atoms with van der Waals surface area (Å²) in [5, 5.41) is 0.561. The molecule has 0 atom stereocenters. The Hall–Kier alpha value is -1.38. The van der Waals surface area contributed by atoms with Gasteiger partial charge in [-0.3, -0.25) is 0 Å². The molecule has 0 bridgehead atoms. The highest BCUT2D eigenvalue weighted by Gasteiger charge is 2.16. The fraction of sp³-hybridized carbons (Fsp3) is 0.182. The summed E-state index contributed by atoms with van der Waals surface area (Å²) >= 11 is 3.28. The first-order valence-electron chi connectivity index (χ1n) is 4.22. The first-order chi connectivity index (χ1) is 7.24. The van der Waals surface area contributed by atoms with E-state index in [1.807, 2.05) is 12.1 Å². The van der Waals surface area contributed by atoms with Gasteiger partial charge in [0.2, 0.25) is 0 Å². The van der Waals surface area contributed by atoms with Gasteiger partial charge in [-0.15, -0.1) is 0 Å². The average molecular weight is 269 g/mol. The van der Waals surface area contributed by atoms with E-state index in [0.717, 1.165) is 5.56 Å². The van der Waals surface area contributed by atoms with Gasteiger partial charge < -0.3 is 4.74 Å². The number of carbonyl (C=O) groups is 1. The van der Waals surface area contributed by atoms with Crippen LogP contribution in [0.4, 0.5) is 0 Å². The molecule has 0 N–H and O–H groups in total. The van der Waals surface area contributed by atoms with Crippen molar-refractivity contribution in [3.63, 3.8) is 0 Å². The van der Waals surface area contributed by atoms with E-state index < -0.39 is 5.97 Å². The maximum atomic E-state index is 11.3. The van der Waals surface area contributed by atoms with Crippen LogP contribution in [-0.4, -0.2) is 19.0 Å². The average Bonchev–Trinajstić information content (AvgIpc) is 2.30. The Morgan fingerprint density at radius 2 is 2.13 bits per heavy atom. The Morgan fingerprint density at radius 1 is 1.47 bits per heavy atom. The van der Waals surface area contributed by atoms with Crippen LogP contribution >= 0.6 is 15.9 Å².